The van der Waals surface area contributed by atoms with Crippen molar-refractivity contribution in [3.63, 3.8) is 0 Å². The van der Waals surface area contributed by atoms with Crippen LogP contribution in [0, 0.1) is 11.3 Å². The summed E-state index contributed by atoms with van der Waals surface area (Å²) in [5.74, 6) is -0.612. The third-order valence-corrected chi connectivity index (χ3v) is 4.15. The Hall–Kier alpha value is -2.65. The summed E-state index contributed by atoms with van der Waals surface area (Å²) < 4.78 is 6.39. The van der Waals surface area contributed by atoms with E-state index in [0.717, 1.165) is 18.8 Å². The van der Waals surface area contributed by atoms with E-state index in [2.05, 4.69) is 4.90 Å². The second-order valence-corrected chi connectivity index (χ2v) is 5.47. The molecular formula is C17H19ClN4O2. The van der Waals surface area contributed by atoms with Crippen molar-refractivity contribution >= 4 is 28.9 Å². The van der Waals surface area contributed by atoms with Gasteiger partial charge in [0.25, 0.3) is 0 Å². The number of aromatic nitrogens is 1. The molecule has 2 rings (SSSR count). The molecule has 1 aromatic carbocycles. The molecule has 0 saturated carbocycles. The van der Waals surface area contributed by atoms with Gasteiger partial charge in [-0.05, 0) is 26.0 Å². The number of carbonyl (C=O) groups excluding carboxylic acids is 1. The van der Waals surface area contributed by atoms with Gasteiger partial charge in [0.05, 0.1) is 34.8 Å². The molecule has 1 aromatic heterocycles. The molecule has 0 atom stereocenters. The maximum absolute atomic E-state index is 12.2. The summed E-state index contributed by atoms with van der Waals surface area (Å²) in [6.07, 6.45) is 1.53. The number of halogens is 1. The Morgan fingerprint density at radius 2 is 2.08 bits per heavy atom. The van der Waals surface area contributed by atoms with E-state index in [1.807, 2.05) is 26.0 Å². The third kappa shape index (κ3) is 2.91. The number of hydrogen-bond acceptors (Lipinski definition) is 5. The lowest BCUT2D eigenvalue weighted by atomic mass is 10.2. The van der Waals surface area contributed by atoms with Crippen LogP contribution in [0.25, 0.3) is 5.69 Å². The van der Waals surface area contributed by atoms with E-state index < -0.39 is 5.97 Å². The molecule has 0 radical (unpaired) electrons. The third-order valence-electron chi connectivity index (χ3n) is 3.85. The molecule has 0 aliphatic rings. The molecule has 0 bridgehead atoms. The van der Waals surface area contributed by atoms with Crippen molar-refractivity contribution in [1.82, 2.24) is 4.57 Å². The summed E-state index contributed by atoms with van der Waals surface area (Å²) in [7, 11) is 1.27. The molecular weight excluding hydrogens is 328 g/mol. The van der Waals surface area contributed by atoms with Crippen LogP contribution in [-0.4, -0.2) is 30.7 Å². The number of benzene rings is 1. The van der Waals surface area contributed by atoms with Crippen LogP contribution in [-0.2, 0) is 4.74 Å². The zero-order valence-corrected chi connectivity index (χ0v) is 14.6. The first-order valence-electron chi connectivity index (χ1n) is 7.53. The van der Waals surface area contributed by atoms with Gasteiger partial charge in [0.1, 0.15) is 6.07 Å². The monoisotopic (exact) mass is 346 g/mol. The number of carbonyl (C=O) groups is 1. The van der Waals surface area contributed by atoms with Crippen LogP contribution in [0.15, 0.2) is 24.4 Å². The van der Waals surface area contributed by atoms with Gasteiger partial charge in [0.15, 0.2) is 5.69 Å². The van der Waals surface area contributed by atoms with Crippen LogP contribution in [0.1, 0.15) is 29.9 Å². The van der Waals surface area contributed by atoms with Gasteiger partial charge in [-0.3, -0.25) is 0 Å². The first kappa shape index (κ1) is 17.7. The van der Waals surface area contributed by atoms with Crippen LogP contribution < -0.4 is 10.6 Å². The Labute approximate surface area is 146 Å². The zero-order valence-electron chi connectivity index (χ0n) is 13.8. The minimum Gasteiger partial charge on any atom is -0.464 e. The first-order valence-corrected chi connectivity index (χ1v) is 7.90. The number of methoxy groups -OCH3 is 1. The summed E-state index contributed by atoms with van der Waals surface area (Å²) in [5, 5.41) is 9.80. The van der Waals surface area contributed by atoms with Gasteiger partial charge in [-0.1, -0.05) is 17.7 Å². The minimum atomic E-state index is -0.612. The van der Waals surface area contributed by atoms with Crippen molar-refractivity contribution in [3.05, 3.63) is 40.7 Å². The van der Waals surface area contributed by atoms with Crippen LogP contribution >= 0.6 is 11.6 Å². The smallest absolute Gasteiger partial charge is 0.357 e. The molecule has 0 aliphatic carbocycles. The maximum Gasteiger partial charge on any atom is 0.357 e. The Balaban J connectivity index is 2.81. The standard InChI is InChI=1S/C17H19ClN4O2/c1-4-21(5-2)15-12(18)7-6-8-13(15)22-10-11(9-19)14(20)16(22)17(23)24-3/h6-8,10H,4-5,20H2,1-3H3. The van der Waals surface area contributed by atoms with Crippen LogP contribution in [0.4, 0.5) is 11.4 Å². The van der Waals surface area contributed by atoms with Crippen molar-refractivity contribution in [2.24, 2.45) is 0 Å². The summed E-state index contributed by atoms with van der Waals surface area (Å²) in [6, 6.07) is 7.39. The number of nitrogens with two attached hydrogens (primary N) is 1. The molecule has 1 heterocycles. The van der Waals surface area contributed by atoms with Crippen molar-refractivity contribution in [1.29, 1.82) is 5.26 Å². The topological polar surface area (TPSA) is 84.3 Å². The lowest BCUT2D eigenvalue weighted by Crippen LogP contribution is -2.24. The molecule has 7 heteroatoms. The van der Waals surface area contributed by atoms with Crippen molar-refractivity contribution < 1.29 is 9.53 Å². The predicted molar refractivity (Wildman–Crippen MR) is 94.8 cm³/mol. The Morgan fingerprint density at radius 3 is 2.62 bits per heavy atom. The Bertz CT molecular complexity index is 804. The lowest BCUT2D eigenvalue weighted by molar-refractivity contribution is 0.0593. The molecule has 2 aromatic rings. The number of nitrogens with zero attached hydrogens (tertiary/aromatic N) is 3. The van der Waals surface area contributed by atoms with Crippen molar-refractivity contribution in [2.75, 3.05) is 30.8 Å². The maximum atomic E-state index is 12.2. The number of para-hydroxylation sites is 1. The van der Waals surface area contributed by atoms with Gasteiger partial charge >= 0.3 is 5.97 Å². The van der Waals surface area contributed by atoms with Crippen molar-refractivity contribution in [2.45, 2.75) is 13.8 Å². The molecule has 126 valence electrons. The van der Waals surface area contributed by atoms with Crippen LogP contribution in [0.5, 0.6) is 0 Å². The van der Waals surface area contributed by atoms with E-state index in [9.17, 15) is 10.1 Å². The second-order valence-electron chi connectivity index (χ2n) is 5.06. The summed E-state index contributed by atoms with van der Waals surface area (Å²) in [4.78, 5) is 14.3. The highest BCUT2D eigenvalue weighted by atomic mass is 35.5. The summed E-state index contributed by atoms with van der Waals surface area (Å²) >= 11 is 6.41. The van der Waals surface area contributed by atoms with Gasteiger partial charge in [0, 0.05) is 19.3 Å². The van der Waals surface area contributed by atoms with E-state index >= 15 is 0 Å². The highest BCUT2D eigenvalue weighted by Gasteiger charge is 2.24. The quantitative estimate of drug-likeness (QED) is 0.840. The SMILES string of the molecule is CCN(CC)c1c(Cl)cccc1-n1cc(C#N)c(N)c1C(=O)OC. The molecule has 24 heavy (non-hydrogen) atoms. The van der Waals surface area contributed by atoms with E-state index in [1.54, 1.807) is 16.7 Å². The average Bonchev–Trinajstić information content (AvgIpc) is 2.93. The highest BCUT2D eigenvalue weighted by molar-refractivity contribution is 6.33. The fraction of sp³-hybridized carbons (Fsp3) is 0.294. The van der Waals surface area contributed by atoms with Crippen LogP contribution in [0.3, 0.4) is 0 Å². The van der Waals surface area contributed by atoms with Gasteiger partial charge < -0.3 is 19.9 Å². The van der Waals surface area contributed by atoms with Gasteiger partial charge in [0.2, 0.25) is 0 Å². The molecule has 0 unspecified atom stereocenters. The van der Waals surface area contributed by atoms with Gasteiger partial charge in [-0.15, -0.1) is 0 Å². The Morgan fingerprint density at radius 1 is 1.42 bits per heavy atom. The fourth-order valence-corrected chi connectivity index (χ4v) is 2.94. The molecule has 0 fully saturated rings. The number of nitriles is 1. The number of rotatable bonds is 5. The van der Waals surface area contributed by atoms with E-state index in [0.29, 0.717) is 10.7 Å². The van der Waals surface area contributed by atoms with Crippen molar-refractivity contribution in [3.8, 4) is 11.8 Å². The van der Waals surface area contributed by atoms with E-state index in [4.69, 9.17) is 22.1 Å². The second kappa shape index (κ2) is 7.28. The number of anilines is 2. The van der Waals surface area contributed by atoms with Gasteiger partial charge in [-0.25, -0.2) is 4.79 Å². The lowest BCUT2D eigenvalue weighted by Gasteiger charge is -2.26. The molecule has 0 spiro atoms. The predicted octanol–water partition coefficient (Wildman–Crippen LogP) is 3.22. The summed E-state index contributed by atoms with van der Waals surface area (Å²) in [5.41, 5.74) is 7.82. The largest absolute Gasteiger partial charge is 0.464 e. The highest BCUT2D eigenvalue weighted by Crippen LogP contribution is 2.35. The number of nitrogen functional groups attached to an aromatic ring is 1. The minimum absolute atomic E-state index is 0.0924. The molecule has 0 saturated heterocycles. The zero-order chi connectivity index (χ0) is 17.9. The average molecular weight is 347 g/mol. The first-order chi connectivity index (χ1) is 11.5. The number of ether oxygens (including phenoxy) is 1. The van der Waals surface area contributed by atoms with E-state index in [1.165, 1.54) is 13.3 Å². The molecule has 6 nitrogen and oxygen atoms in total. The molecule has 0 aliphatic heterocycles. The number of hydrogen-bond donors (Lipinski definition) is 1. The van der Waals surface area contributed by atoms with E-state index in [-0.39, 0.29) is 16.9 Å². The van der Waals surface area contributed by atoms with Gasteiger partial charge in [-0.2, -0.15) is 5.26 Å². The Kier molecular flexibility index (Phi) is 5.37. The molecule has 2 N–H and O–H groups in total. The molecule has 0 amide bonds. The fourth-order valence-electron chi connectivity index (χ4n) is 2.66. The number of esters is 1. The van der Waals surface area contributed by atoms with Crippen LogP contribution in [0.2, 0.25) is 5.02 Å². The normalized spacial score (nSPS) is 10.3. The summed E-state index contributed by atoms with van der Waals surface area (Å²) in [6.45, 7) is 5.51.